The topological polar surface area (TPSA) is 26.3 Å². The van der Waals surface area contributed by atoms with Crippen molar-refractivity contribution in [3.8, 4) is 33.4 Å². The SMILES string of the molecule is c1ccc(-c2c3ccccc3c(-c3ccc4cc(-c5ccc6oc7c(ccc8c7ccc7oc9ccccc9c78)c6c5)ccc4c3)c3ccccc23)cc1. The molecule has 0 radical (unpaired) electrons. The average Bonchev–Trinajstić information content (AvgIpc) is 3.81. The molecule has 250 valence electrons. The van der Waals surface area contributed by atoms with Crippen molar-refractivity contribution < 1.29 is 8.83 Å². The fourth-order valence-electron chi connectivity index (χ4n) is 8.98. The normalized spacial score (nSPS) is 12.1. The minimum Gasteiger partial charge on any atom is -0.456 e. The second-order valence-corrected chi connectivity index (χ2v) is 14.4. The summed E-state index contributed by atoms with van der Waals surface area (Å²) in [4.78, 5) is 0. The molecule has 0 bridgehead atoms. The molecule has 2 heterocycles. The van der Waals surface area contributed by atoms with E-state index in [1.807, 2.05) is 12.1 Å². The average molecular weight is 687 g/mol. The van der Waals surface area contributed by atoms with Crippen LogP contribution >= 0.6 is 0 Å². The van der Waals surface area contributed by atoms with Gasteiger partial charge in [0, 0.05) is 26.9 Å². The number of rotatable bonds is 3. The van der Waals surface area contributed by atoms with Gasteiger partial charge in [0.2, 0.25) is 0 Å². The third-order valence-corrected chi connectivity index (χ3v) is 11.4. The molecule has 0 aliphatic carbocycles. The molecule has 2 heteroatoms. The van der Waals surface area contributed by atoms with Crippen LogP contribution in [0, 0.1) is 0 Å². The Bertz CT molecular complexity index is 3430. The van der Waals surface area contributed by atoms with Crippen molar-refractivity contribution in [1.29, 1.82) is 0 Å². The van der Waals surface area contributed by atoms with Crippen molar-refractivity contribution in [2.75, 3.05) is 0 Å². The van der Waals surface area contributed by atoms with E-state index >= 15 is 0 Å². The third-order valence-electron chi connectivity index (χ3n) is 11.4. The van der Waals surface area contributed by atoms with Gasteiger partial charge in [0.15, 0.2) is 0 Å². The fraction of sp³-hybridized carbons (Fsp3) is 0. The van der Waals surface area contributed by atoms with Crippen LogP contribution in [0.25, 0.3) is 120 Å². The van der Waals surface area contributed by atoms with Gasteiger partial charge in [-0.3, -0.25) is 0 Å². The lowest BCUT2D eigenvalue weighted by Gasteiger charge is -2.18. The molecule has 0 saturated carbocycles. The quantitative estimate of drug-likeness (QED) is 0.173. The standard InChI is InChI=1S/C52H30O2/c1-2-10-31(11-3-1)49-37-12-4-6-14-39(37)50(40-15-7-5-13-38(40)49)36-21-20-32-28-33(18-19-34(32)29-36)35-22-26-47-45(30-35)43-24-23-41-42(52(43)54-47)25-27-48-51(41)44-16-8-9-17-46(44)53-48/h1-30H. The highest BCUT2D eigenvalue weighted by Gasteiger charge is 2.18. The molecular weight excluding hydrogens is 657 g/mol. The number of fused-ring (bicyclic) bond motifs is 12. The largest absolute Gasteiger partial charge is 0.456 e. The molecule has 12 aromatic rings. The molecule has 0 unspecified atom stereocenters. The van der Waals surface area contributed by atoms with Gasteiger partial charge in [-0.15, -0.1) is 0 Å². The molecule has 2 aromatic heterocycles. The van der Waals surface area contributed by atoms with Crippen LogP contribution in [0.3, 0.4) is 0 Å². The molecule has 0 atom stereocenters. The summed E-state index contributed by atoms with van der Waals surface area (Å²) in [6.45, 7) is 0. The Labute approximate surface area is 310 Å². The number of hydrogen-bond donors (Lipinski definition) is 0. The first-order chi connectivity index (χ1) is 26.8. The third kappa shape index (κ3) is 4.22. The molecule has 10 aromatic carbocycles. The lowest BCUT2D eigenvalue weighted by molar-refractivity contribution is 0.669. The molecule has 0 fully saturated rings. The number of benzene rings is 10. The predicted octanol–water partition coefficient (Wildman–Crippen LogP) is 15.1. The number of para-hydroxylation sites is 1. The lowest BCUT2D eigenvalue weighted by atomic mass is 9.85. The first-order valence-electron chi connectivity index (χ1n) is 18.5. The van der Waals surface area contributed by atoms with Crippen molar-refractivity contribution in [3.05, 3.63) is 182 Å². The van der Waals surface area contributed by atoms with E-state index in [4.69, 9.17) is 8.83 Å². The van der Waals surface area contributed by atoms with Gasteiger partial charge in [-0.1, -0.05) is 133 Å². The van der Waals surface area contributed by atoms with Crippen molar-refractivity contribution >= 4 is 87.0 Å². The van der Waals surface area contributed by atoms with Crippen LogP contribution in [-0.2, 0) is 0 Å². The molecule has 0 aliphatic heterocycles. The van der Waals surface area contributed by atoms with Crippen LogP contribution < -0.4 is 0 Å². The maximum atomic E-state index is 6.58. The number of hydrogen-bond acceptors (Lipinski definition) is 2. The van der Waals surface area contributed by atoms with Crippen molar-refractivity contribution in [3.63, 3.8) is 0 Å². The Kier molecular flexibility index (Phi) is 6.09. The molecule has 12 rings (SSSR count). The highest BCUT2D eigenvalue weighted by molar-refractivity contribution is 6.25. The maximum absolute atomic E-state index is 6.58. The zero-order valence-corrected chi connectivity index (χ0v) is 29.1. The van der Waals surface area contributed by atoms with Gasteiger partial charge in [-0.2, -0.15) is 0 Å². The van der Waals surface area contributed by atoms with E-state index < -0.39 is 0 Å². The van der Waals surface area contributed by atoms with Gasteiger partial charge in [-0.05, 0) is 120 Å². The summed E-state index contributed by atoms with van der Waals surface area (Å²) in [6, 6.07) is 65.7. The second-order valence-electron chi connectivity index (χ2n) is 14.4. The minimum atomic E-state index is 0.890. The molecule has 0 aliphatic rings. The second kappa shape index (κ2) is 11.2. The van der Waals surface area contributed by atoms with Crippen LogP contribution in [0.2, 0.25) is 0 Å². The van der Waals surface area contributed by atoms with Gasteiger partial charge in [0.1, 0.15) is 22.3 Å². The van der Waals surface area contributed by atoms with Gasteiger partial charge >= 0.3 is 0 Å². The van der Waals surface area contributed by atoms with Gasteiger partial charge in [0.25, 0.3) is 0 Å². The Morgan fingerprint density at radius 2 is 0.759 bits per heavy atom. The molecule has 0 N–H and O–H groups in total. The van der Waals surface area contributed by atoms with Crippen LogP contribution in [0.1, 0.15) is 0 Å². The van der Waals surface area contributed by atoms with Crippen LogP contribution in [0.15, 0.2) is 191 Å². The van der Waals surface area contributed by atoms with Gasteiger partial charge < -0.3 is 8.83 Å². The summed E-state index contributed by atoms with van der Waals surface area (Å²) in [5.41, 5.74) is 11.0. The van der Waals surface area contributed by atoms with Crippen LogP contribution in [0.4, 0.5) is 0 Å². The van der Waals surface area contributed by atoms with E-state index in [-0.39, 0.29) is 0 Å². The van der Waals surface area contributed by atoms with Crippen LogP contribution in [0.5, 0.6) is 0 Å². The number of furan rings is 2. The fourth-order valence-corrected chi connectivity index (χ4v) is 8.98. The van der Waals surface area contributed by atoms with Gasteiger partial charge in [-0.25, -0.2) is 0 Å². The van der Waals surface area contributed by atoms with Crippen LogP contribution in [-0.4, -0.2) is 0 Å². The van der Waals surface area contributed by atoms with E-state index in [0.29, 0.717) is 0 Å². The summed E-state index contributed by atoms with van der Waals surface area (Å²) >= 11 is 0. The summed E-state index contributed by atoms with van der Waals surface area (Å²) in [5, 5.41) is 14.2. The molecule has 0 saturated heterocycles. The van der Waals surface area contributed by atoms with Crippen molar-refractivity contribution in [1.82, 2.24) is 0 Å². The smallest absolute Gasteiger partial charge is 0.143 e. The highest BCUT2D eigenvalue weighted by Crippen LogP contribution is 2.45. The van der Waals surface area contributed by atoms with E-state index in [1.165, 1.54) is 65.7 Å². The summed E-state index contributed by atoms with van der Waals surface area (Å²) < 4.78 is 12.8. The monoisotopic (exact) mass is 686 g/mol. The Balaban J connectivity index is 0.980. The van der Waals surface area contributed by atoms with E-state index in [1.54, 1.807) is 0 Å². The van der Waals surface area contributed by atoms with Crippen molar-refractivity contribution in [2.24, 2.45) is 0 Å². The van der Waals surface area contributed by atoms with Crippen molar-refractivity contribution in [2.45, 2.75) is 0 Å². The first kappa shape index (κ1) is 29.4. The zero-order valence-electron chi connectivity index (χ0n) is 29.1. The Morgan fingerprint density at radius 1 is 0.259 bits per heavy atom. The molecule has 0 amide bonds. The highest BCUT2D eigenvalue weighted by atomic mass is 16.3. The summed E-state index contributed by atoms with van der Waals surface area (Å²) in [5.74, 6) is 0. The molecular formula is C52H30O2. The first-order valence-corrected chi connectivity index (χ1v) is 18.5. The Hall–Kier alpha value is -7.16. The van der Waals surface area contributed by atoms with E-state index in [0.717, 1.165) is 54.6 Å². The Morgan fingerprint density at radius 3 is 1.50 bits per heavy atom. The zero-order chi connectivity index (χ0) is 35.3. The summed E-state index contributed by atoms with van der Waals surface area (Å²) in [6.07, 6.45) is 0. The van der Waals surface area contributed by atoms with E-state index in [2.05, 4.69) is 170 Å². The summed E-state index contributed by atoms with van der Waals surface area (Å²) in [7, 11) is 0. The molecule has 54 heavy (non-hydrogen) atoms. The van der Waals surface area contributed by atoms with E-state index in [9.17, 15) is 0 Å². The van der Waals surface area contributed by atoms with Gasteiger partial charge in [0.05, 0.1) is 0 Å². The predicted molar refractivity (Wildman–Crippen MR) is 227 cm³/mol. The minimum absolute atomic E-state index is 0.890. The maximum Gasteiger partial charge on any atom is 0.143 e. The molecule has 2 nitrogen and oxygen atoms in total. The lowest BCUT2D eigenvalue weighted by Crippen LogP contribution is -1.90. The molecule has 0 spiro atoms.